The van der Waals surface area contributed by atoms with E-state index in [2.05, 4.69) is 70.3 Å². The van der Waals surface area contributed by atoms with Gasteiger partial charge in [-0.05, 0) is 46.5 Å². The van der Waals surface area contributed by atoms with Crippen LogP contribution in [0.25, 0.3) is 0 Å². The molecule has 1 heterocycles. The lowest BCUT2D eigenvalue weighted by atomic mass is 10.2. The van der Waals surface area contributed by atoms with Gasteiger partial charge in [0.2, 0.25) is 0 Å². The first-order valence-corrected chi connectivity index (χ1v) is 7.22. The molecule has 0 spiro atoms. The Balaban J connectivity index is 2.04. The van der Waals surface area contributed by atoms with Crippen LogP contribution in [0, 0.1) is 12.8 Å². The van der Waals surface area contributed by atoms with Gasteiger partial charge < -0.3 is 5.32 Å². The van der Waals surface area contributed by atoms with Crippen LogP contribution in [0.15, 0.2) is 29.0 Å². The minimum absolute atomic E-state index is 0.562. The molecule has 4 nitrogen and oxygen atoms in total. The van der Waals surface area contributed by atoms with Gasteiger partial charge in [0.05, 0.1) is 6.54 Å². The van der Waals surface area contributed by atoms with Gasteiger partial charge in [-0.3, -0.25) is 0 Å². The number of benzene rings is 1. The normalized spacial score (nSPS) is 11.0. The minimum atomic E-state index is 0.562. The summed E-state index contributed by atoms with van der Waals surface area (Å²) < 4.78 is 3.03. The number of hydrogen-bond donors (Lipinski definition) is 1. The summed E-state index contributed by atoms with van der Waals surface area (Å²) in [4.78, 5) is 4.31. The van der Waals surface area contributed by atoms with Crippen molar-refractivity contribution in [2.45, 2.75) is 33.9 Å². The van der Waals surface area contributed by atoms with Gasteiger partial charge in [-0.25, -0.2) is 9.67 Å². The molecular weight excluding hydrogens is 304 g/mol. The maximum absolute atomic E-state index is 4.31. The number of hydrogen-bond acceptors (Lipinski definition) is 3. The lowest BCUT2D eigenvalue weighted by Crippen LogP contribution is -2.13. The molecule has 0 bridgehead atoms. The van der Waals surface area contributed by atoms with Crippen LogP contribution < -0.4 is 5.32 Å². The van der Waals surface area contributed by atoms with Gasteiger partial charge in [0.1, 0.15) is 12.2 Å². The van der Waals surface area contributed by atoms with E-state index in [4.69, 9.17) is 0 Å². The predicted molar refractivity (Wildman–Crippen MR) is 81.1 cm³/mol. The molecule has 0 amide bonds. The van der Waals surface area contributed by atoms with Crippen molar-refractivity contribution in [3.8, 4) is 0 Å². The zero-order valence-electron chi connectivity index (χ0n) is 11.5. The predicted octanol–water partition coefficient (Wildman–Crippen LogP) is 3.62. The van der Waals surface area contributed by atoms with Gasteiger partial charge in [0, 0.05) is 16.7 Å². The number of halogens is 1. The summed E-state index contributed by atoms with van der Waals surface area (Å²) in [5, 5.41) is 7.64. The molecule has 1 aromatic heterocycles. The molecule has 0 saturated carbocycles. The number of nitrogens with one attached hydrogen (secondary N) is 1. The smallest absolute Gasteiger partial charge is 0.146 e. The highest BCUT2D eigenvalue weighted by Crippen LogP contribution is 2.23. The number of nitrogens with zero attached hydrogens (tertiary/aromatic N) is 3. The zero-order chi connectivity index (χ0) is 13.8. The Morgan fingerprint density at radius 3 is 2.84 bits per heavy atom. The molecule has 19 heavy (non-hydrogen) atoms. The molecule has 0 fully saturated rings. The molecule has 0 unspecified atom stereocenters. The van der Waals surface area contributed by atoms with Crippen molar-refractivity contribution in [2.75, 3.05) is 5.32 Å². The van der Waals surface area contributed by atoms with Gasteiger partial charge >= 0.3 is 0 Å². The number of aromatic nitrogens is 3. The molecule has 0 aliphatic rings. The third-order valence-electron chi connectivity index (χ3n) is 2.80. The second kappa shape index (κ2) is 6.19. The monoisotopic (exact) mass is 322 g/mol. The van der Waals surface area contributed by atoms with Crippen molar-refractivity contribution in [1.29, 1.82) is 0 Å². The van der Waals surface area contributed by atoms with Gasteiger partial charge in [-0.2, -0.15) is 5.10 Å². The fourth-order valence-corrected chi connectivity index (χ4v) is 2.49. The van der Waals surface area contributed by atoms with Crippen molar-refractivity contribution in [1.82, 2.24) is 14.8 Å². The molecule has 0 saturated heterocycles. The lowest BCUT2D eigenvalue weighted by molar-refractivity contribution is 0.468. The highest BCUT2D eigenvalue weighted by molar-refractivity contribution is 9.10. The van der Waals surface area contributed by atoms with Crippen LogP contribution in [0.3, 0.4) is 0 Å². The van der Waals surface area contributed by atoms with E-state index in [-0.39, 0.29) is 0 Å². The Bertz CT molecular complexity index is 548. The minimum Gasteiger partial charge on any atom is -0.377 e. The fourth-order valence-electron chi connectivity index (χ4n) is 1.86. The van der Waals surface area contributed by atoms with Crippen molar-refractivity contribution >= 4 is 21.6 Å². The summed E-state index contributed by atoms with van der Waals surface area (Å²) in [5.41, 5.74) is 2.31. The average Bonchev–Trinajstić information content (AvgIpc) is 2.74. The summed E-state index contributed by atoms with van der Waals surface area (Å²) in [5.74, 6) is 1.52. The van der Waals surface area contributed by atoms with E-state index in [1.54, 1.807) is 6.33 Å². The van der Waals surface area contributed by atoms with E-state index in [0.717, 1.165) is 22.5 Å². The Labute approximate surface area is 122 Å². The molecule has 0 radical (unpaired) electrons. The molecule has 0 aliphatic heterocycles. The first-order valence-electron chi connectivity index (χ1n) is 6.43. The molecule has 1 aromatic carbocycles. The van der Waals surface area contributed by atoms with E-state index in [9.17, 15) is 0 Å². The van der Waals surface area contributed by atoms with Crippen LogP contribution in [0.5, 0.6) is 0 Å². The molecule has 1 N–H and O–H groups in total. The number of rotatable bonds is 5. The molecule has 0 aliphatic carbocycles. The summed E-state index contributed by atoms with van der Waals surface area (Å²) in [6.07, 6.45) is 1.61. The summed E-state index contributed by atoms with van der Waals surface area (Å²) >= 11 is 3.56. The van der Waals surface area contributed by atoms with Crippen LogP contribution >= 0.6 is 15.9 Å². The van der Waals surface area contributed by atoms with E-state index in [0.29, 0.717) is 12.5 Å². The van der Waals surface area contributed by atoms with E-state index < -0.39 is 0 Å². The topological polar surface area (TPSA) is 42.7 Å². The first-order chi connectivity index (χ1) is 9.06. The molecule has 0 atom stereocenters. The number of aryl methyl sites for hydroxylation is 1. The fraction of sp³-hybridized carbons (Fsp3) is 0.429. The molecular formula is C14H19BrN4. The summed E-state index contributed by atoms with van der Waals surface area (Å²) in [7, 11) is 0. The summed E-state index contributed by atoms with van der Waals surface area (Å²) in [6.45, 7) is 8.00. The zero-order valence-corrected chi connectivity index (χ0v) is 13.1. The van der Waals surface area contributed by atoms with E-state index >= 15 is 0 Å². The van der Waals surface area contributed by atoms with Crippen LogP contribution in [0.2, 0.25) is 0 Å². The lowest BCUT2D eigenvalue weighted by Gasteiger charge is -2.11. The SMILES string of the molecule is Cc1ccc(NCc2ncnn2CC(C)C)c(Br)c1. The van der Waals surface area contributed by atoms with Gasteiger partial charge in [0.15, 0.2) is 0 Å². The van der Waals surface area contributed by atoms with Crippen molar-refractivity contribution < 1.29 is 0 Å². The standard InChI is InChI=1S/C14H19BrN4/c1-10(2)8-19-14(17-9-18-19)7-16-13-5-4-11(3)6-12(13)15/h4-6,9-10,16H,7-8H2,1-3H3. The maximum Gasteiger partial charge on any atom is 0.146 e. The van der Waals surface area contributed by atoms with Crippen molar-refractivity contribution in [3.05, 3.63) is 40.4 Å². The molecule has 102 valence electrons. The van der Waals surface area contributed by atoms with Crippen molar-refractivity contribution in [2.24, 2.45) is 5.92 Å². The largest absolute Gasteiger partial charge is 0.377 e. The Kier molecular flexibility index (Phi) is 4.58. The third-order valence-corrected chi connectivity index (χ3v) is 3.45. The summed E-state index contributed by atoms with van der Waals surface area (Å²) in [6, 6.07) is 6.26. The molecule has 2 rings (SSSR count). The van der Waals surface area contributed by atoms with Gasteiger partial charge in [-0.15, -0.1) is 0 Å². The Morgan fingerprint density at radius 1 is 1.37 bits per heavy atom. The highest BCUT2D eigenvalue weighted by atomic mass is 79.9. The van der Waals surface area contributed by atoms with Crippen LogP contribution in [0.1, 0.15) is 25.2 Å². The quantitative estimate of drug-likeness (QED) is 0.914. The first kappa shape index (κ1) is 14.1. The highest BCUT2D eigenvalue weighted by Gasteiger charge is 2.07. The maximum atomic E-state index is 4.31. The molecule has 2 aromatic rings. The van der Waals surface area contributed by atoms with Crippen LogP contribution in [0.4, 0.5) is 5.69 Å². The average molecular weight is 323 g/mol. The Hall–Kier alpha value is -1.36. The van der Waals surface area contributed by atoms with E-state index in [1.807, 2.05) is 4.68 Å². The van der Waals surface area contributed by atoms with E-state index in [1.165, 1.54) is 5.56 Å². The van der Waals surface area contributed by atoms with Gasteiger partial charge in [0.25, 0.3) is 0 Å². The van der Waals surface area contributed by atoms with Crippen LogP contribution in [-0.4, -0.2) is 14.8 Å². The van der Waals surface area contributed by atoms with Crippen molar-refractivity contribution in [3.63, 3.8) is 0 Å². The second-order valence-corrected chi connectivity index (χ2v) is 5.94. The van der Waals surface area contributed by atoms with Gasteiger partial charge in [-0.1, -0.05) is 19.9 Å². The Morgan fingerprint density at radius 2 is 2.16 bits per heavy atom. The number of anilines is 1. The molecule has 5 heteroatoms. The second-order valence-electron chi connectivity index (χ2n) is 5.09. The third kappa shape index (κ3) is 3.80. The van der Waals surface area contributed by atoms with Crippen LogP contribution in [-0.2, 0) is 13.1 Å².